The summed E-state index contributed by atoms with van der Waals surface area (Å²) in [5, 5.41) is 15.8. The Balaban J connectivity index is 0.000000399. The van der Waals surface area contributed by atoms with E-state index in [-0.39, 0.29) is 0 Å². The van der Waals surface area contributed by atoms with Gasteiger partial charge in [0.05, 0.1) is 5.92 Å². The van der Waals surface area contributed by atoms with Crippen LogP contribution in [0.1, 0.15) is 24.0 Å². The summed E-state index contributed by atoms with van der Waals surface area (Å²) in [6, 6.07) is 7.56. The number of hydrogen-bond acceptors (Lipinski definition) is 2. The summed E-state index contributed by atoms with van der Waals surface area (Å²) in [5.41, 5.74) is 2.00. The maximum Gasteiger partial charge on any atom is 0.490 e. The normalized spacial score (nSPS) is 12.1. The smallest absolute Gasteiger partial charge is 0.481 e. The quantitative estimate of drug-likeness (QED) is 0.872. The number of carboxylic acid groups (broad SMARTS) is 2. The van der Waals surface area contributed by atoms with E-state index in [0.29, 0.717) is 0 Å². The van der Waals surface area contributed by atoms with Gasteiger partial charge in [0.15, 0.2) is 0 Å². The Labute approximate surface area is 107 Å². The molecule has 0 radical (unpaired) electrons. The first kappa shape index (κ1) is 16.9. The minimum Gasteiger partial charge on any atom is -0.481 e. The van der Waals surface area contributed by atoms with Gasteiger partial charge in [0.2, 0.25) is 0 Å². The van der Waals surface area contributed by atoms with Gasteiger partial charge in [-0.25, -0.2) is 4.79 Å². The molecular weight excluding hydrogens is 265 g/mol. The maximum atomic E-state index is 10.6. The van der Waals surface area contributed by atoms with Gasteiger partial charge >= 0.3 is 18.1 Å². The topological polar surface area (TPSA) is 74.6 Å². The molecule has 0 amide bonds. The minimum atomic E-state index is -5.08. The molecule has 0 bridgehead atoms. The standard InChI is InChI=1S/C10H12O2.C2HF3O2/c1-7-3-5-9(6-4-7)8(2)10(11)12;3-2(4,5)1(6)7/h3-6,8H,1-2H3,(H,11,12);(H,6,7). The number of alkyl halides is 3. The largest absolute Gasteiger partial charge is 0.490 e. The molecule has 0 aromatic heterocycles. The Morgan fingerprint density at radius 3 is 1.74 bits per heavy atom. The Morgan fingerprint density at radius 2 is 1.47 bits per heavy atom. The lowest BCUT2D eigenvalue weighted by Gasteiger charge is -2.05. The first-order chi connectivity index (χ1) is 8.55. The van der Waals surface area contributed by atoms with Gasteiger partial charge in [0.1, 0.15) is 0 Å². The highest BCUT2D eigenvalue weighted by Gasteiger charge is 2.38. The number of hydrogen-bond donors (Lipinski definition) is 2. The molecule has 0 aliphatic carbocycles. The molecule has 1 aromatic carbocycles. The predicted octanol–water partition coefficient (Wildman–Crippen LogP) is 2.82. The molecule has 1 atom stereocenters. The lowest BCUT2D eigenvalue weighted by atomic mass is 10.0. The van der Waals surface area contributed by atoms with Gasteiger partial charge < -0.3 is 10.2 Å². The molecule has 106 valence electrons. The number of aryl methyl sites for hydroxylation is 1. The van der Waals surface area contributed by atoms with Crippen LogP contribution in [0.3, 0.4) is 0 Å². The maximum absolute atomic E-state index is 10.6. The highest BCUT2D eigenvalue weighted by atomic mass is 19.4. The Hall–Kier alpha value is -2.05. The van der Waals surface area contributed by atoms with Crippen LogP contribution in [0.25, 0.3) is 0 Å². The van der Waals surface area contributed by atoms with E-state index in [2.05, 4.69) is 0 Å². The van der Waals surface area contributed by atoms with Gasteiger partial charge in [-0.05, 0) is 19.4 Å². The van der Waals surface area contributed by atoms with E-state index in [1.807, 2.05) is 31.2 Å². The summed E-state index contributed by atoms with van der Waals surface area (Å²) in [4.78, 5) is 19.5. The molecule has 0 saturated carbocycles. The fraction of sp³-hybridized carbons (Fsp3) is 0.333. The van der Waals surface area contributed by atoms with Gasteiger partial charge in [-0.15, -0.1) is 0 Å². The molecule has 0 aliphatic heterocycles. The summed E-state index contributed by atoms with van der Waals surface area (Å²) in [6.45, 7) is 3.67. The SMILES string of the molecule is Cc1ccc(C(C)C(=O)O)cc1.O=C(O)C(F)(F)F. The van der Waals surface area contributed by atoms with E-state index in [0.717, 1.165) is 11.1 Å². The third-order valence-corrected chi connectivity index (χ3v) is 2.19. The van der Waals surface area contributed by atoms with Crippen molar-refractivity contribution in [2.24, 2.45) is 0 Å². The minimum absolute atomic E-state index is 0.411. The van der Waals surface area contributed by atoms with Crippen LogP contribution in [0, 0.1) is 6.92 Å². The summed E-state index contributed by atoms with van der Waals surface area (Å²) < 4.78 is 31.7. The van der Waals surface area contributed by atoms with E-state index in [4.69, 9.17) is 15.0 Å². The van der Waals surface area contributed by atoms with Crippen molar-refractivity contribution < 1.29 is 33.0 Å². The molecular formula is C12H13F3O4. The first-order valence-electron chi connectivity index (χ1n) is 5.15. The summed E-state index contributed by atoms with van der Waals surface area (Å²) in [5.74, 6) is -3.95. The van der Waals surface area contributed by atoms with Crippen LogP contribution in [0.15, 0.2) is 24.3 Å². The Bertz CT molecular complexity index is 437. The van der Waals surface area contributed by atoms with E-state index in [9.17, 15) is 18.0 Å². The monoisotopic (exact) mass is 278 g/mol. The Kier molecular flexibility index (Phi) is 6.04. The van der Waals surface area contributed by atoms with Crippen molar-refractivity contribution in [3.8, 4) is 0 Å². The third-order valence-electron chi connectivity index (χ3n) is 2.19. The molecule has 0 aliphatic rings. The fourth-order valence-corrected chi connectivity index (χ4v) is 0.998. The molecule has 1 aromatic rings. The highest BCUT2D eigenvalue weighted by molar-refractivity contribution is 5.75. The molecule has 4 nitrogen and oxygen atoms in total. The fourth-order valence-electron chi connectivity index (χ4n) is 0.998. The first-order valence-corrected chi connectivity index (χ1v) is 5.15. The van der Waals surface area contributed by atoms with Crippen molar-refractivity contribution >= 4 is 11.9 Å². The summed E-state index contributed by atoms with van der Waals surface area (Å²) >= 11 is 0. The molecule has 0 saturated heterocycles. The summed E-state index contributed by atoms with van der Waals surface area (Å²) in [6.07, 6.45) is -5.08. The van der Waals surface area contributed by atoms with Crippen LogP contribution in [0.2, 0.25) is 0 Å². The van der Waals surface area contributed by atoms with Gasteiger partial charge in [-0.1, -0.05) is 29.8 Å². The van der Waals surface area contributed by atoms with Crippen LogP contribution >= 0.6 is 0 Å². The van der Waals surface area contributed by atoms with Crippen molar-refractivity contribution in [3.05, 3.63) is 35.4 Å². The van der Waals surface area contributed by atoms with Gasteiger partial charge in [0.25, 0.3) is 0 Å². The second-order valence-electron chi connectivity index (χ2n) is 3.77. The van der Waals surface area contributed by atoms with E-state index in [1.54, 1.807) is 6.92 Å². The zero-order valence-corrected chi connectivity index (χ0v) is 10.2. The van der Waals surface area contributed by atoms with Crippen molar-refractivity contribution in [2.75, 3.05) is 0 Å². The van der Waals surface area contributed by atoms with Crippen LogP contribution in [0.5, 0.6) is 0 Å². The lowest BCUT2D eigenvalue weighted by molar-refractivity contribution is -0.192. The van der Waals surface area contributed by atoms with E-state index < -0.39 is 24.0 Å². The number of benzene rings is 1. The zero-order valence-electron chi connectivity index (χ0n) is 10.2. The summed E-state index contributed by atoms with van der Waals surface area (Å²) in [7, 11) is 0. The van der Waals surface area contributed by atoms with E-state index in [1.165, 1.54) is 0 Å². The van der Waals surface area contributed by atoms with Crippen LogP contribution in [0.4, 0.5) is 13.2 Å². The van der Waals surface area contributed by atoms with Gasteiger partial charge in [0, 0.05) is 0 Å². The number of halogens is 3. The number of aliphatic carboxylic acids is 2. The molecule has 0 spiro atoms. The van der Waals surface area contributed by atoms with E-state index >= 15 is 0 Å². The molecule has 2 N–H and O–H groups in total. The van der Waals surface area contributed by atoms with Crippen molar-refractivity contribution in [1.29, 1.82) is 0 Å². The molecule has 19 heavy (non-hydrogen) atoms. The zero-order chi connectivity index (χ0) is 15.2. The van der Waals surface area contributed by atoms with Crippen molar-refractivity contribution in [3.63, 3.8) is 0 Å². The van der Waals surface area contributed by atoms with Crippen molar-refractivity contribution in [1.82, 2.24) is 0 Å². The van der Waals surface area contributed by atoms with Crippen LogP contribution < -0.4 is 0 Å². The van der Waals surface area contributed by atoms with Crippen molar-refractivity contribution in [2.45, 2.75) is 25.9 Å². The molecule has 7 heteroatoms. The van der Waals surface area contributed by atoms with Crippen LogP contribution in [-0.2, 0) is 9.59 Å². The lowest BCUT2D eigenvalue weighted by Crippen LogP contribution is -2.21. The molecule has 1 unspecified atom stereocenters. The molecule has 0 heterocycles. The number of carbonyl (C=O) groups is 2. The predicted molar refractivity (Wildman–Crippen MR) is 60.9 cm³/mol. The van der Waals surface area contributed by atoms with Crippen LogP contribution in [-0.4, -0.2) is 28.3 Å². The van der Waals surface area contributed by atoms with Gasteiger partial charge in [-0.3, -0.25) is 4.79 Å². The number of rotatable bonds is 2. The second kappa shape index (κ2) is 6.77. The molecule has 1 rings (SSSR count). The Morgan fingerprint density at radius 1 is 1.11 bits per heavy atom. The second-order valence-corrected chi connectivity index (χ2v) is 3.77. The number of carboxylic acids is 2. The molecule has 0 fully saturated rings. The average molecular weight is 278 g/mol. The third kappa shape index (κ3) is 6.44. The average Bonchev–Trinajstić information content (AvgIpc) is 2.28. The highest BCUT2D eigenvalue weighted by Crippen LogP contribution is 2.15. The van der Waals surface area contributed by atoms with Gasteiger partial charge in [-0.2, -0.15) is 13.2 Å².